The Morgan fingerprint density at radius 3 is 2.09 bits per heavy atom. The lowest BCUT2D eigenvalue weighted by atomic mass is 10.0. The molecule has 0 aromatic heterocycles. The summed E-state index contributed by atoms with van der Waals surface area (Å²) >= 11 is 0. The first-order chi connectivity index (χ1) is 17.0. The number of aryl methyl sites for hydroxylation is 1. The van der Waals surface area contributed by atoms with Gasteiger partial charge in [0, 0.05) is 18.4 Å². The third-order valence-electron chi connectivity index (χ3n) is 6.73. The first kappa shape index (κ1) is 28.9. The van der Waals surface area contributed by atoms with E-state index in [-0.39, 0.29) is 12.0 Å². The summed E-state index contributed by atoms with van der Waals surface area (Å²) in [5, 5.41) is 0. The molecule has 0 aliphatic rings. The predicted molar refractivity (Wildman–Crippen MR) is 146 cm³/mol. The summed E-state index contributed by atoms with van der Waals surface area (Å²) in [6, 6.07) is 18.6. The molecule has 2 aromatic rings. The van der Waals surface area contributed by atoms with Gasteiger partial charge < -0.3 is 14.0 Å². The second-order valence-corrected chi connectivity index (χ2v) is 10.2. The fourth-order valence-electron chi connectivity index (χ4n) is 4.67. The zero-order valence-electron chi connectivity index (χ0n) is 22.6. The molecule has 0 heterocycles. The zero-order chi connectivity index (χ0) is 25.4. The number of carbonyl (C=O) groups excluding carboxylic acids is 1. The molecule has 194 valence electrons. The lowest BCUT2D eigenvalue weighted by molar-refractivity contribution is -0.919. The van der Waals surface area contributed by atoms with Gasteiger partial charge in [-0.2, -0.15) is 0 Å². The Morgan fingerprint density at radius 2 is 1.43 bits per heavy atom. The maximum Gasteiger partial charge on any atom is 0.364 e. The van der Waals surface area contributed by atoms with Crippen molar-refractivity contribution in [2.75, 3.05) is 27.3 Å². The minimum absolute atomic E-state index is 0.122. The molecule has 0 saturated heterocycles. The van der Waals surface area contributed by atoms with Crippen molar-refractivity contribution < 1.29 is 18.8 Å². The number of unbranched alkanes of at least 4 members (excludes halogenated alkanes) is 6. The summed E-state index contributed by atoms with van der Waals surface area (Å²) in [5.74, 6) is 0.759. The Labute approximate surface area is 214 Å². The van der Waals surface area contributed by atoms with Gasteiger partial charge in [0.1, 0.15) is 12.3 Å². The van der Waals surface area contributed by atoms with Crippen LogP contribution in [0.1, 0.15) is 82.8 Å². The van der Waals surface area contributed by atoms with Crippen LogP contribution >= 0.6 is 0 Å². The maximum atomic E-state index is 12.8. The van der Waals surface area contributed by atoms with E-state index in [1.54, 1.807) is 0 Å². The average Bonchev–Trinajstić information content (AvgIpc) is 2.84. The van der Waals surface area contributed by atoms with Gasteiger partial charge in [-0.15, -0.1) is 0 Å². The first-order valence-electron chi connectivity index (χ1n) is 13.7. The van der Waals surface area contributed by atoms with Crippen LogP contribution in [0, 0.1) is 0 Å². The Hall–Kier alpha value is -2.33. The summed E-state index contributed by atoms with van der Waals surface area (Å²) < 4.78 is 12.1. The van der Waals surface area contributed by atoms with Crippen LogP contribution in [0.3, 0.4) is 0 Å². The molecule has 0 saturated carbocycles. The van der Waals surface area contributed by atoms with Gasteiger partial charge in [0.25, 0.3) is 0 Å². The van der Waals surface area contributed by atoms with Crippen molar-refractivity contribution in [3.63, 3.8) is 0 Å². The average molecular weight is 483 g/mol. The van der Waals surface area contributed by atoms with Crippen LogP contribution in [0.2, 0.25) is 0 Å². The summed E-state index contributed by atoms with van der Waals surface area (Å²) in [5.41, 5.74) is 2.60. The normalized spacial score (nSPS) is 12.3. The summed E-state index contributed by atoms with van der Waals surface area (Å²) in [6.45, 7) is 6.04. The molecule has 4 heteroatoms. The molecule has 1 unspecified atom stereocenters. The van der Waals surface area contributed by atoms with E-state index in [1.165, 1.54) is 56.1 Å². The number of ether oxygens (including phenoxy) is 2. The summed E-state index contributed by atoms with van der Waals surface area (Å²) in [6.07, 6.45) is 12.0. The number of quaternary nitrogens is 1. The van der Waals surface area contributed by atoms with E-state index in [4.69, 9.17) is 9.47 Å². The zero-order valence-corrected chi connectivity index (χ0v) is 22.6. The molecule has 0 aliphatic heterocycles. The monoisotopic (exact) mass is 482 g/mol. The van der Waals surface area contributed by atoms with E-state index in [2.05, 4.69) is 64.3 Å². The number of hydrogen-bond acceptors (Lipinski definition) is 3. The maximum absolute atomic E-state index is 12.8. The van der Waals surface area contributed by atoms with Crippen LogP contribution in [0.15, 0.2) is 54.6 Å². The lowest BCUT2D eigenvalue weighted by Gasteiger charge is -2.36. The Bertz CT molecular complexity index is 817. The molecule has 0 bridgehead atoms. The van der Waals surface area contributed by atoms with Crippen molar-refractivity contribution >= 4 is 5.97 Å². The van der Waals surface area contributed by atoms with Crippen molar-refractivity contribution in [2.45, 2.75) is 90.6 Å². The Morgan fingerprint density at radius 1 is 0.771 bits per heavy atom. The van der Waals surface area contributed by atoms with Gasteiger partial charge >= 0.3 is 5.97 Å². The van der Waals surface area contributed by atoms with Gasteiger partial charge in [-0.05, 0) is 30.5 Å². The van der Waals surface area contributed by atoms with Gasteiger partial charge in [0.15, 0.2) is 6.04 Å². The number of benzene rings is 2. The van der Waals surface area contributed by atoms with Crippen LogP contribution in [-0.4, -0.2) is 43.8 Å². The molecule has 0 spiro atoms. The van der Waals surface area contributed by atoms with Gasteiger partial charge in [-0.3, -0.25) is 0 Å². The minimum atomic E-state index is -0.181. The summed E-state index contributed by atoms with van der Waals surface area (Å²) in [7, 11) is 4.20. The topological polar surface area (TPSA) is 35.5 Å². The summed E-state index contributed by atoms with van der Waals surface area (Å²) in [4.78, 5) is 12.8. The van der Waals surface area contributed by atoms with E-state index >= 15 is 0 Å². The number of nitrogens with zero attached hydrogens (tertiary/aromatic N) is 1. The van der Waals surface area contributed by atoms with Crippen LogP contribution in [0.5, 0.6) is 5.75 Å². The first-order valence-corrected chi connectivity index (χ1v) is 13.7. The predicted octanol–water partition coefficient (Wildman–Crippen LogP) is 7.35. The fourth-order valence-corrected chi connectivity index (χ4v) is 4.67. The minimum Gasteiger partial charge on any atom is -0.493 e. The number of hydrogen-bond donors (Lipinski definition) is 0. The van der Waals surface area contributed by atoms with E-state index in [0.29, 0.717) is 24.1 Å². The van der Waals surface area contributed by atoms with Gasteiger partial charge in [-0.25, -0.2) is 4.79 Å². The van der Waals surface area contributed by atoms with Gasteiger partial charge in [0.05, 0.1) is 27.3 Å². The van der Waals surface area contributed by atoms with Crippen LogP contribution < -0.4 is 4.74 Å². The molecule has 2 aromatic carbocycles. The molecule has 4 nitrogen and oxygen atoms in total. The second-order valence-electron chi connectivity index (χ2n) is 10.2. The van der Waals surface area contributed by atoms with Crippen LogP contribution in [-0.2, 0) is 22.5 Å². The number of carbonyl (C=O) groups is 1. The molecule has 0 radical (unpaired) electrons. The molecule has 2 rings (SSSR count). The molecule has 0 fully saturated rings. The standard InChI is InChI=1S/C31H48NO3/c1-5-7-8-9-10-11-13-17-27-20-22-29(23-21-27)34-24-16-25-35-31(33)30(6-2)32(3,4)26-28-18-14-12-15-19-28/h12,14-15,18-23,30H,5-11,13,16-17,24-26H2,1-4H3/q+1. The highest BCUT2D eigenvalue weighted by Crippen LogP contribution is 2.19. The van der Waals surface area contributed by atoms with E-state index < -0.39 is 0 Å². The van der Waals surface area contributed by atoms with E-state index in [0.717, 1.165) is 25.1 Å². The second kappa shape index (κ2) is 16.4. The van der Waals surface area contributed by atoms with Crippen molar-refractivity contribution in [3.8, 4) is 5.75 Å². The molecule has 0 amide bonds. The fraction of sp³-hybridized carbons (Fsp3) is 0.581. The van der Waals surface area contributed by atoms with Crippen LogP contribution in [0.25, 0.3) is 0 Å². The number of esters is 1. The largest absolute Gasteiger partial charge is 0.493 e. The van der Waals surface area contributed by atoms with E-state index in [1.807, 2.05) is 18.2 Å². The van der Waals surface area contributed by atoms with Gasteiger partial charge in [-0.1, -0.05) is 94.8 Å². The molecule has 0 N–H and O–H groups in total. The molecule has 35 heavy (non-hydrogen) atoms. The van der Waals surface area contributed by atoms with E-state index in [9.17, 15) is 4.79 Å². The highest BCUT2D eigenvalue weighted by atomic mass is 16.5. The number of likely N-dealkylation sites (N-methyl/N-ethyl adjacent to an activating group) is 1. The quantitative estimate of drug-likeness (QED) is 0.127. The van der Waals surface area contributed by atoms with Gasteiger partial charge in [0.2, 0.25) is 0 Å². The Kier molecular flexibility index (Phi) is 13.5. The Balaban J connectivity index is 1.63. The third-order valence-corrected chi connectivity index (χ3v) is 6.73. The van der Waals surface area contributed by atoms with Crippen molar-refractivity contribution in [1.29, 1.82) is 0 Å². The molecular formula is C31H48NO3+. The van der Waals surface area contributed by atoms with Crippen LogP contribution in [0.4, 0.5) is 0 Å². The molecule has 1 atom stereocenters. The lowest BCUT2D eigenvalue weighted by Crippen LogP contribution is -2.52. The molecule has 0 aliphatic carbocycles. The number of rotatable bonds is 18. The smallest absolute Gasteiger partial charge is 0.364 e. The third kappa shape index (κ3) is 11.3. The van der Waals surface area contributed by atoms with Crippen molar-refractivity contribution in [1.82, 2.24) is 0 Å². The highest BCUT2D eigenvalue weighted by Gasteiger charge is 2.34. The molecular weight excluding hydrogens is 434 g/mol. The highest BCUT2D eigenvalue weighted by molar-refractivity contribution is 5.74. The van der Waals surface area contributed by atoms with Crippen molar-refractivity contribution in [3.05, 3.63) is 65.7 Å². The van der Waals surface area contributed by atoms with Crippen molar-refractivity contribution in [2.24, 2.45) is 0 Å². The SMILES string of the molecule is CCCCCCCCCc1ccc(OCCCOC(=O)C(CC)[N+](C)(C)Cc2ccccc2)cc1.